The van der Waals surface area contributed by atoms with Crippen LogP contribution in [0.2, 0.25) is 0 Å². The van der Waals surface area contributed by atoms with Gasteiger partial charge in [0.25, 0.3) is 0 Å². The van der Waals surface area contributed by atoms with Crippen LogP contribution in [0, 0.1) is 0 Å². The van der Waals surface area contributed by atoms with Gasteiger partial charge in [-0.05, 0) is 46.1 Å². The molecule has 1 aromatic carbocycles. The first-order valence-corrected chi connectivity index (χ1v) is 11.5. The molecule has 0 amide bonds. The first kappa shape index (κ1) is 23.0. The van der Waals surface area contributed by atoms with Gasteiger partial charge in [0, 0.05) is 57.9 Å². The molecule has 6 nitrogen and oxygen atoms in total. The summed E-state index contributed by atoms with van der Waals surface area (Å²) >= 11 is 0. The summed E-state index contributed by atoms with van der Waals surface area (Å²) in [6.45, 7) is 15.0. The normalized spacial score (nSPS) is 25.3. The maximum Gasteiger partial charge on any atom is 0.191 e. The van der Waals surface area contributed by atoms with Crippen LogP contribution in [-0.4, -0.2) is 79.3 Å². The van der Waals surface area contributed by atoms with E-state index in [-0.39, 0.29) is 17.7 Å². The van der Waals surface area contributed by atoms with Crippen molar-refractivity contribution in [1.29, 1.82) is 0 Å². The van der Waals surface area contributed by atoms with Crippen molar-refractivity contribution in [2.75, 3.05) is 39.8 Å². The van der Waals surface area contributed by atoms with Crippen LogP contribution in [0.15, 0.2) is 35.3 Å². The summed E-state index contributed by atoms with van der Waals surface area (Å²) in [6.07, 6.45) is 2.86. The van der Waals surface area contributed by atoms with Crippen LogP contribution < -0.4 is 10.6 Å². The third-order valence-corrected chi connectivity index (χ3v) is 6.37. The predicted molar refractivity (Wildman–Crippen MR) is 125 cm³/mol. The van der Waals surface area contributed by atoms with E-state index < -0.39 is 0 Å². The SMILES string of the molecule is CN=C(NCC(C)(C)N1CC(C)OC(C)C1)NC1CCN(Cc2ccccc2)CC1. The second kappa shape index (κ2) is 10.6. The molecule has 0 saturated carbocycles. The highest BCUT2D eigenvalue weighted by molar-refractivity contribution is 5.80. The quantitative estimate of drug-likeness (QED) is 0.553. The number of ether oxygens (including phenoxy) is 1. The monoisotopic (exact) mass is 415 g/mol. The number of benzene rings is 1. The van der Waals surface area contributed by atoms with E-state index in [2.05, 4.69) is 83.5 Å². The zero-order valence-electron chi connectivity index (χ0n) is 19.5. The molecule has 2 aliphatic heterocycles. The number of aliphatic imine (C=N–C) groups is 1. The van der Waals surface area contributed by atoms with Gasteiger partial charge in [0.15, 0.2) is 5.96 Å². The summed E-state index contributed by atoms with van der Waals surface area (Å²) in [5.74, 6) is 0.916. The van der Waals surface area contributed by atoms with Gasteiger partial charge in [0.1, 0.15) is 0 Å². The van der Waals surface area contributed by atoms with Crippen LogP contribution in [0.5, 0.6) is 0 Å². The van der Waals surface area contributed by atoms with Crippen molar-refractivity contribution in [1.82, 2.24) is 20.4 Å². The minimum absolute atomic E-state index is 0.0446. The van der Waals surface area contributed by atoms with E-state index in [0.29, 0.717) is 6.04 Å². The Morgan fingerprint density at radius 1 is 1.10 bits per heavy atom. The number of likely N-dealkylation sites (tertiary alicyclic amines) is 1. The first-order chi connectivity index (χ1) is 14.4. The van der Waals surface area contributed by atoms with Crippen LogP contribution in [0.1, 0.15) is 46.1 Å². The third kappa shape index (κ3) is 6.69. The number of hydrogen-bond acceptors (Lipinski definition) is 4. The van der Waals surface area contributed by atoms with Crippen LogP contribution in [-0.2, 0) is 11.3 Å². The van der Waals surface area contributed by atoms with Crippen molar-refractivity contribution in [2.24, 2.45) is 4.99 Å². The van der Waals surface area contributed by atoms with Crippen molar-refractivity contribution in [3.8, 4) is 0 Å². The Labute approximate surface area is 183 Å². The van der Waals surface area contributed by atoms with E-state index in [4.69, 9.17) is 4.74 Å². The summed E-state index contributed by atoms with van der Waals surface area (Å²) < 4.78 is 5.90. The zero-order chi connectivity index (χ0) is 21.6. The fourth-order valence-corrected chi connectivity index (χ4v) is 4.55. The second-order valence-corrected chi connectivity index (χ2v) is 9.58. The summed E-state index contributed by atoms with van der Waals surface area (Å²) in [5.41, 5.74) is 1.44. The van der Waals surface area contributed by atoms with Crippen LogP contribution >= 0.6 is 0 Å². The van der Waals surface area contributed by atoms with Gasteiger partial charge in [-0.15, -0.1) is 0 Å². The minimum Gasteiger partial charge on any atom is -0.373 e. The molecule has 6 heteroatoms. The molecule has 168 valence electrons. The van der Waals surface area contributed by atoms with Crippen molar-refractivity contribution >= 4 is 5.96 Å². The summed E-state index contributed by atoms with van der Waals surface area (Å²) in [6, 6.07) is 11.2. The Bertz CT molecular complexity index is 659. The number of nitrogens with zero attached hydrogens (tertiary/aromatic N) is 3. The first-order valence-electron chi connectivity index (χ1n) is 11.5. The average Bonchev–Trinajstić information content (AvgIpc) is 2.72. The standard InChI is InChI=1S/C24H41N5O/c1-19-15-29(16-20(2)30-19)24(3,4)18-26-23(25-5)27-22-11-13-28(14-12-22)17-21-9-7-6-8-10-21/h6-10,19-20,22H,11-18H2,1-5H3,(H2,25,26,27). The number of hydrogen-bond donors (Lipinski definition) is 2. The van der Waals surface area contributed by atoms with Gasteiger partial charge in [0.05, 0.1) is 12.2 Å². The number of piperidine rings is 1. The molecule has 0 spiro atoms. The van der Waals surface area contributed by atoms with Crippen molar-refractivity contribution in [3.63, 3.8) is 0 Å². The van der Waals surface area contributed by atoms with E-state index in [1.54, 1.807) is 0 Å². The number of guanidine groups is 1. The Morgan fingerprint density at radius 2 is 1.73 bits per heavy atom. The van der Waals surface area contributed by atoms with Gasteiger partial charge in [-0.25, -0.2) is 0 Å². The van der Waals surface area contributed by atoms with Crippen molar-refractivity contribution in [2.45, 2.75) is 70.9 Å². The molecule has 0 aromatic heterocycles. The molecule has 0 aliphatic carbocycles. The third-order valence-electron chi connectivity index (χ3n) is 6.37. The van der Waals surface area contributed by atoms with Crippen molar-refractivity contribution < 1.29 is 4.74 Å². The van der Waals surface area contributed by atoms with Crippen LogP contribution in [0.3, 0.4) is 0 Å². The lowest BCUT2D eigenvalue weighted by molar-refractivity contribution is -0.0946. The Hall–Kier alpha value is -1.63. The van der Waals surface area contributed by atoms with Gasteiger partial charge in [-0.2, -0.15) is 0 Å². The number of morpholine rings is 1. The van der Waals surface area contributed by atoms with Gasteiger partial charge >= 0.3 is 0 Å². The minimum atomic E-state index is 0.0446. The number of nitrogens with one attached hydrogen (secondary N) is 2. The summed E-state index contributed by atoms with van der Waals surface area (Å²) in [4.78, 5) is 9.57. The lowest BCUT2D eigenvalue weighted by Crippen LogP contribution is -2.60. The lowest BCUT2D eigenvalue weighted by atomic mass is 10.00. The zero-order valence-corrected chi connectivity index (χ0v) is 19.5. The number of rotatable bonds is 6. The molecule has 1 aromatic rings. The molecule has 0 radical (unpaired) electrons. The van der Waals surface area contributed by atoms with E-state index in [1.807, 2.05) is 7.05 Å². The largest absolute Gasteiger partial charge is 0.373 e. The highest BCUT2D eigenvalue weighted by Gasteiger charge is 2.33. The molecule has 2 fully saturated rings. The van der Waals surface area contributed by atoms with E-state index in [0.717, 1.165) is 58.1 Å². The molecule has 3 rings (SSSR count). The lowest BCUT2D eigenvalue weighted by Gasteiger charge is -2.45. The van der Waals surface area contributed by atoms with E-state index in [9.17, 15) is 0 Å². The molecular weight excluding hydrogens is 374 g/mol. The maximum atomic E-state index is 5.90. The maximum absolute atomic E-state index is 5.90. The molecule has 2 unspecified atom stereocenters. The second-order valence-electron chi connectivity index (χ2n) is 9.58. The molecule has 30 heavy (non-hydrogen) atoms. The topological polar surface area (TPSA) is 52.1 Å². The van der Waals surface area contributed by atoms with E-state index in [1.165, 1.54) is 5.56 Å². The van der Waals surface area contributed by atoms with E-state index >= 15 is 0 Å². The molecule has 2 saturated heterocycles. The highest BCUT2D eigenvalue weighted by Crippen LogP contribution is 2.20. The summed E-state index contributed by atoms with van der Waals surface area (Å²) in [5, 5.41) is 7.23. The van der Waals surface area contributed by atoms with Gasteiger partial charge in [-0.1, -0.05) is 30.3 Å². The molecule has 0 bridgehead atoms. The Balaban J connectivity index is 1.42. The molecule has 2 aliphatic rings. The van der Waals surface area contributed by atoms with Gasteiger partial charge in [0.2, 0.25) is 0 Å². The molecular formula is C24H41N5O. The van der Waals surface area contributed by atoms with Crippen molar-refractivity contribution in [3.05, 3.63) is 35.9 Å². The summed E-state index contributed by atoms with van der Waals surface area (Å²) in [7, 11) is 1.87. The van der Waals surface area contributed by atoms with Gasteiger partial charge < -0.3 is 15.4 Å². The fourth-order valence-electron chi connectivity index (χ4n) is 4.55. The highest BCUT2D eigenvalue weighted by atomic mass is 16.5. The fraction of sp³-hybridized carbons (Fsp3) is 0.708. The Morgan fingerprint density at radius 3 is 2.33 bits per heavy atom. The molecule has 2 N–H and O–H groups in total. The predicted octanol–water partition coefficient (Wildman–Crippen LogP) is 2.70. The Kier molecular flexibility index (Phi) is 8.14. The van der Waals surface area contributed by atoms with Gasteiger partial charge in [-0.3, -0.25) is 14.8 Å². The smallest absolute Gasteiger partial charge is 0.191 e. The molecule has 2 heterocycles. The molecule has 2 atom stereocenters. The van der Waals surface area contributed by atoms with Crippen LogP contribution in [0.25, 0.3) is 0 Å². The van der Waals surface area contributed by atoms with Crippen LogP contribution in [0.4, 0.5) is 0 Å². The average molecular weight is 416 g/mol.